The van der Waals surface area contributed by atoms with E-state index in [2.05, 4.69) is 24.3 Å². The second-order valence-electron chi connectivity index (χ2n) is 7.67. The number of amides is 3. The minimum atomic E-state index is -0.208. The Morgan fingerprint density at radius 1 is 1.36 bits per heavy atom. The van der Waals surface area contributed by atoms with E-state index in [9.17, 15) is 14.4 Å². The van der Waals surface area contributed by atoms with Crippen molar-refractivity contribution in [1.82, 2.24) is 15.0 Å². The van der Waals surface area contributed by atoms with E-state index in [4.69, 9.17) is 4.52 Å². The van der Waals surface area contributed by atoms with Gasteiger partial charge in [0.2, 0.25) is 11.7 Å². The van der Waals surface area contributed by atoms with E-state index in [0.29, 0.717) is 36.0 Å². The number of aromatic nitrogens is 1. The van der Waals surface area contributed by atoms with Crippen LogP contribution in [0, 0.1) is 5.92 Å². The van der Waals surface area contributed by atoms with Gasteiger partial charge in [-0.15, -0.1) is 11.3 Å². The molecule has 0 fully saturated rings. The van der Waals surface area contributed by atoms with Crippen molar-refractivity contribution in [2.75, 3.05) is 25.5 Å². The van der Waals surface area contributed by atoms with E-state index in [1.807, 2.05) is 0 Å². The van der Waals surface area contributed by atoms with Crippen molar-refractivity contribution >= 4 is 34.1 Å². The van der Waals surface area contributed by atoms with Crippen molar-refractivity contribution < 1.29 is 18.9 Å². The van der Waals surface area contributed by atoms with Crippen LogP contribution in [0.15, 0.2) is 10.6 Å². The maximum absolute atomic E-state index is 12.8. The van der Waals surface area contributed by atoms with Crippen molar-refractivity contribution in [1.29, 1.82) is 0 Å². The summed E-state index contributed by atoms with van der Waals surface area (Å²) in [6.07, 6.45) is 1.32. The SMILES string of the molecule is CC(C)Cc1cc(C(=O)N2CCc3c(sc4c3C(=O)N(C)CC(=O)N4)C2)on1. The topological polar surface area (TPSA) is 95.8 Å². The number of nitrogens with zero attached hydrogens (tertiary/aromatic N) is 3. The predicted octanol–water partition coefficient (Wildman–Crippen LogP) is 2.16. The zero-order chi connectivity index (χ0) is 20.0. The maximum atomic E-state index is 12.8. The van der Waals surface area contributed by atoms with Crippen LogP contribution in [0.4, 0.5) is 5.00 Å². The molecule has 1 N–H and O–H groups in total. The lowest BCUT2D eigenvalue weighted by atomic mass is 10.0. The molecule has 0 saturated carbocycles. The molecule has 9 heteroatoms. The van der Waals surface area contributed by atoms with Crippen LogP contribution in [0.2, 0.25) is 0 Å². The Kier molecular flexibility index (Phi) is 4.70. The lowest BCUT2D eigenvalue weighted by molar-refractivity contribution is -0.116. The molecule has 2 aliphatic rings. The van der Waals surface area contributed by atoms with Gasteiger partial charge in [0.25, 0.3) is 11.8 Å². The summed E-state index contributed by atoms with van der Waals surface area (Å²) in [6.45, 7) is 5.09. The van der Waals surface area contributed by atoms with Gasteiger partial charge in [-0.05, 0) is 24.3 Å². The molecule has 2 aromatic rings. The molecular weight excluding hydrogens is 380 g/mol. The lowest BCUT2D eigenvalue weighted by Crippen LogP contribution is -2.36. The van der Waals surface area contributed by atoms with Crippen molar-refractivity contribution in [2.45, 2.75) is 33.2 Å². The Bertz CT molecular complexity index is 961. The third-order valence-corrected chi connectivity index (χ3v) is 6.06. The molecule has 0 aliphatic carbocycles. The predicted molar refractivity (Wildman–Crippen MR) is 103 cm³/mol. The van der Waals surface area contributed by atoms with Gasteiger partial charge in [-0.1, -0.05) is 19.0 Å². The molecule has 2 aliphatic heterocycles. The van der Waals surface area contributed by atoms with E-state index < -0.39 is 0 Å². The Morgan fingerprint density at radius 3 is 2.89 bits per heavy atom. The van der Waals surface area contributed by atoms with E-state index in [-0.39, 0.29) is 30.0 Å². The quantitative estimate of drug-likeness (QED) is 0.849. The molecule has 28 heavy (non-hydrogen) atoms. The summed E-state index contributed by atoms with van der Waals surface area (Å²) in [5.41, 5.74) is 2.27. The zero-order valence-corrected chi connectivity index (χ0v) is 16.9. The average Bonchev–Trinajstić information content (AvgIpc) is 3.20. The Balaban J connectivity index is 1.57. The monoisotopic (exact) mass is 402 g/mol. The summed E-state index contributed by atoms with van der Waals surface area (Å²) in [5.74, 6) is 0.100. The fourth-order valence-electron chi connectivity index (χ4n) is 3.62. The van der Waals surface area contributed by atoms with E-state index in [0.717, 1.165) is 22.6 Å². The number of thiophene rings is 1. The number of hydrogen-bond donors (Lipinski definition) is 1. The van der Waals surface area contributed by atoms with Gasteiger partial charge < -0.3 is 19.6 Å². The summed E-state index contributed by atoms with van der Waals surface area (Å²) in [4.78, 5) is 41.5. The van der Waals surface area contributed by atoms with Gasteiger partial charge in [-0.3, -0.25) is 14.4 Å². The van der Waals surface area contributed by atoms with Crippen LogP contribution in [0.1, 0.15) is 50.9 Å². The molecule has 148 valence electrons. The van der Waals surface area contributed by atoms with Crippen molar-refractivity contribution in [3.8, 4) is 0 Å². The van der Waals surface area contributed by atoms with Gasteiger partial charge in [0.15, 0.2) is 0 Å². The standard InChI is InChI=1S/C19H22N4O4S/c1-10(2)6-11-7-13(27-21-11)18(25)23-5-4-12-14(8-23)28-17-16(12)19(26)22(3)9-15(24)20-17/h7,10H,4-6,8-9H2,1-3H3,(H,20,24). The number of anilines is 1. The number of rotatable bonds is 3. The first-order chi connectivity index (χ1) is 13.3. The number of nitrogens with one attached hydrogen (secondary N) is 1. The average molecular weight is 402 g/mol. The highest BCUT2D eigenvalue weighted by Gasteiger charge is 2.34. The van der Waals surface area contributed by atoms with Crippen LogP contribution < -0.4 is 5.32 Å². The van der Waals surface area contributed by atoms with Crippen LogP contribution in [-0.4, -0.2) is 52.8 Å². The van der Waals surface area contributed by atoms with Gasteiger partial charge in [-0.2, -0.15) is 0 Å². The number of hydrogen-bond acceptors (Lipinski definition) is 6. The van der Waals surface area contributed by atoms with Gasteiger partial charge in [0.05, 0.1) is 24.3 Å². The molecule has 0 spiro atoms. The lowest BCUT2D eigenvalue weighted by Gasteiger charge is -2.26. The van der Waals surface area contributed by atoms with Gasteiger partial charge >= 0.3 is 0 Å². The highest BCUT2D eigenvalue weighted by atomic mass is 32.1. The number of fused-ring (bicyclic) bond motifs is 3. The first-order valence-corrected chi connectivity index (χ1v) is 10.1. The Morgan fingerprint density at radius 2 is 2.14 bits per heavy atom. The third-order valence-electron chi connectivity index (χ3n) is 4.93. The molecule has 0 atom stereocenters. The van der Waals surface area contributed by atoms with Crippen LogP contribution in [0.5, 0.6) is 0 Å². The second-order valence-corrected chi connectivity index (χ2v) is 8.78. The zero-order valence-electron chi connectivity index (χ0n) is 16.1. The van der Waals surface area contributed by atoms with Gasteiger partial charge in [-0.25, -0.2) is 0 Å². The van der Waals surface area contributed by atoms with Crippen LogP contribution in [0.25, 0.3) is 0 Å². The van der Waals surface area contributed by atoms with Gasteiger partial charge in [0, 0.05) is 24.5 Å². The van der Waals surface area contributed by atoms with E-state index in [1.54, 1.807) is 18.0 Å². The molecule has 4 heterocycles. The summed E-state index contributed by atoms with van der Waals surface area (Å²) in [7, 11) is 1.62. The number of likely N-dealkylation sites (N-methyl/N-ethyl adjacent to an activating group) is 1. The normalized spacial score (nSPS) is 16.7. The fourth-order valence-corrected chi connectivity index (χ4v) is 4.89. The largest absolute Gasteiger partial charge is 0.351 e. The smallest absolute Gasteiger partial charge is 0.292 e. The second kappa shape index (κ2) is 7.05. The molecular formula is C19H22N4O4S. The Labute approximate surface area is 166 Å². The summed E-state index contributed by atoms with van der Waals surface area (Å²) >= 11 is 1.37. The van der Waals surface area contributed by atoms with Crippen LogP contribution in [-0.2, 0) is 24.2 Å². The van der Waals surface area contributed by atoms with Crippen molar-refractivity contribution in [3.05, 3.63) is 33.5 Å². The molecule has 2 aromatic heterocycles. The molecule has 8 nitrogen and oxygen atoms in total. The first-order valence-electron chi connectivity index (χ1n) is 9.28. The van der Waals surface area contributed by atoms with Crippen LogP contribution >= 0.6 is 11.3 Å². The minimum Gasteiger partial charge on any atom is -0.351 e. The summed E-state index contributed by atoms with van der Waals surface area (Å²) < 4.78 is 5.26. The van der Waals surface area contributed by atoms with E-state index >= 15 is 0 Å². The first kappa shape index (κ1) is 18.7. The fraction of sp³-hybridized carbons (Fsp3) is 0.474. The molecule has 0 unspecified atom stereocenters. The number of carbonyl (C=O) groups is 3. The van der Waals surface area contributed by atoms with Crippen molar-refractivity contribution in [2.24, 2.45) is 5.92 Å². The van der Waals surface area contributed by atoms with Crippen molar-refractivity contribution in [3.63, 3.8) is 0 Å². The third kappa shape index (κ3) is 3.30. The minimum absolute atomic E-state index is 0.0455. The maximum Gasteiger partial charge on any atom is 0.292 e. The molecule has 3 amide bonds. The highest BCUT2D eigenvalue weighted by Crippen LogP contribution is 2.39. The Hall–Kier alpha value is -2.68. The van der Waals surface area contributed by atoms with Crippen LogP contribution in [0.3, 0.4) is 0 Å². The molecule has 0 aromatic carbocycles. The molecule has 0 saturated heterocycles. The highest BCUT2D eigenvalue weighted by molar-refractivity contribution is 7.17. The number of carbonyl (C=O) groups excluding carboxylic acids is 3. The van der Waals surface area contributed by atoms with Gasteiger partial charge in [0.1, 0.15) is 5.00 Å². The summed E-state index contributed by atoms with van der Waals surface area (Å²) in [6, 6.07) is 1.71. The molecule has 0 bridgehead atoms. The molecule has 0 radical (unpaired) electrons. The summed E-state index contributed by atoms with van der Waals surface area (Å²) in [5, 5.41) is 7.39. The molecule has 4 rings (SSSR count). The van der Waals surface area contributed by atoms with E-state index in [1.165, 1.54) is 16.2 Å².